The number of hydrogen-bond donors (Lipinski definition) is 3. The number of anilines is 1. The van der Waals surface area contributed by atoms with Crippen molar-refractivity contribution >= 4 is 24.2 Å². The number of hydrogen-bond acceptors (Lipinski definition) is 5. The molecule has 6 nitrogen and oxygen atoms in total. The molecule has 0 aliphatic carbocycles. The highest BCUT2D eigenvalue weighted by molar-refractivity contribution is 5.85. The number of carbonyl (C=O) groups excluding carboxylic acids is 1. The number of rotatable bonds is 9. The lowest BCUT2D eigenvalue weighted by Crippen LogP contribution is -2.35. The van der Waals surface area contributed by atoms with Crippen LogP contribution in [-0.2, 0) is 4.74 Å². The van der Waals surface area contributed by atoms with Gasteiger partial charge in [-0.25, -0.2) is 4.79 Å². The first-order chi connectivity index (χ1) is 10.5. The molecule has 1 aromatic carbocycles. The van der Waals surface area contributed by atoms with Gasteiger partial charge in [-0.05, 0) is 24.3 Å². The summed E-state index contributed by atoms with van der Waals surface area (Å²) in [4.78, 5) is 11.3. The molecular weight excluding hydrogens is 320 g/mol. The van der Waals surface area contributed by atoms with E-state index in [-0.39, 0.29) is 25.6 Å². The summed E-state index contributed by atoms with van der Waals surface area (Å²) in [6, 6.07) is 7.14. The molecule has 3 N–H and O–H groups in total. The highest BCUT2D eigenvalue weighted by Gasteiger charge is 2.06. The summed E-state index contributed by atoms with van der Waals surface area (Å²) < 4.78 is 10.3. The molecule has 0 bridgehead atoms. The summed E-state index contributed by atoms with van der Waals surface area (Å²) in [5, 5.41) is 15.5. The van der Waals surface area contributed by atoms with E-state index < -0.39 is 12.2 Å². The summed E-state index contributed by atoms with van der Waals surface area (Å²) >= 11 is 0. The smallest absolute Gasteiger partial charge is 0.411 e. The largest absolute Gasteiger partial charge is 0.491 e. The number of aliphatic hydroxyl groups is 1. The highest BCUT2D eigenvalue weighted by atomic mass is 35.5. The maximum absolute atomic E-state index is 11.3. The molecule has 1 rings (SSSR count). The Morgan fingerprint density at radius 3 is 2.57 bits per heavy atom. The van der Waals surface area contributed by atoms with Crippen molar-refractivity contribution in [1.82, 2.24) is 5.32 Å². The summed E-state index contributed by atoms with van der Waals surface area (Å²) in [6.45, 7) is 8.33. The molecule has 1 aromatic rings. The number of amides is 1. The summed E-state index contributed by atoms with van der Waals surface area (Å²) in [6.07, 6.45) is 0.383. The zero-order chi connectivity index (χ0) is 16.4. The molecule has 0 fully saturated rings. The first kappa shape index (κ1) is 21.2. The lowest BCUT2D eigenvalue weighted by molar-refractivity contribution is 0.104. The zero-order valence-corrected chi connectivity index (χ0v) is 14.3. The molecule has 0 aromatic heterocycles. The fraction of sp³-hybridized carbons (Fsp3) is 0.438. The van der Waals surface area contributed by atoms with E-state index in [1.807, 2.05) is 13.8 Å². The van der Waals surface area contributed by atoms with Crippen LogP contribution in [0.15, 0.2) is 36.9 Å². The van der Waals surface area contributed by atoms with E-state index in [9.17, 15) is 9.90 Å². The van der Waals surface area contributed by atoms with Crippen LogP contribution in [0, 0.1) is 0 Å². The number of halogens is 1. The van der Waals surface area contributed by atoms with Crippen molar-refractivity contribution in [3.05, 3.63) is 36.9 Å². The first-order valence-electron chi connectivity index (χ1n) is 7.20. The van der Waals surface area contributed by atoms with Gasteiger partial charge in [0.25, 0.3) is 0 Å². The second-order valence-electron chi connectivity index (χ2n) is 5.06. The number of ether oxygens (including phenoxy) is 2. The quantitative estimate of drug-likeness (QED) is 0.600. The Labute approximate surface area is 143 Å². The number of benzene rings is 1. The average Bonchev–Trinajstić information content (AvgIpc) is 2.50. The van der Waals surface area contributed by atoms with Crippen molar-refractivity contribution in [2.75, 3.05) is 25.1 Å². The van der Waals surface area contributed by atoms with Gasteiger partial charge in [-0.3, -0.25) is 5.32 Å². The van der Waals surface area contributed by atoms with E-state index in [0.717, 1.165) is 0 Å². The van der Waals surface area contributed by atoms with Crippen molar-refractivity contribution in [1.29, 1.82) is 0 Å². The van der Waals surface area contributed by atoms with E-state index >= 15 is 0 Å². The molecule has 0 radical (unpaired) electrons. The average molecular weight is 345 g/mol. The van der Waals surface area contributed by atoms with E-state index in [2.05, 4.69) is 17.2 Å². The lowest BCUT2D eigenvalue weighted by Gasteiger charge is -2.15. The van der Waals surface area contributed by atoms with Gasteiger partial charge < -0.3 is 19.9 Å². The second kappa shape index (κ2) is 11.8. The zero-order valence-electron chi connectivity index (χ0n) is 13.5. The SMILES string of the molecule is C=CCOC(=O)Nc1ccc(OCC(O)CNC(C)C)cc1.Cl. The third-order valence-electron chi connectivity index (χ3n) is 2.64. The van der Waals surface area contributed by atoms with Crippen LogP contribution in [-0.4, -0.2) is 43.1 Å². The maximum Gasteiger partial charge on any atom is 0.411 e. The fourth-order valence-electron chi connectivity index (χ4n) is 1.55. The molecule has 23 heavy (non-hydrogen) atoms. The van der Waals surface area contributed by atoms with Crippen LogP contribution in [0.25, 0.3) is 0 Å². The van der Waals surface area contributed by atoms with Gasteiger partial charge in [0.2, 0.25) is 0 Å². The van der Waals surface area contributed by atoms with Crippen molar-refractivity contribution in [2.45, 2.75) is 26.0 Å². The normalized spacial score (nSPS) is 11.3. The van der Waals surface area contributed by atoms with Crippen LogP contribution >= 0.6 is 12.4 Å². The Hall–Kier alpha value is -1.76. The standard InChI is InChI=1S/C16H24N2O4.ClH/c1-4-9-21-16(20)18-13-5-7-15(8-6-13)22-11-14(19)10-17-12(2)3;/h4-8,12,14,17,19H,1,9-11H2,2-3H3,(H,18,20);1H. The molecule has 7 heteroatoms. The Morgan fingerprint density at radius 2 is 2.00 bits per heavy atom. The van der Waals surface area contributed by atoms with E-state index in [4.69, 9.17) is 9.47 Å². The molecule has 1 amide bonds. The van der Waals surface area contributed by atoms with Crippen molar-refractivity contribution in [3.8, 4) is 5.75 Å². The molecule has 0 heterocycles. The lowest BCUT2D eigenvalue weighted by atomic mass is 10.3. The molecular formula is C16H25ClN2O4. The third kappa shape index (κ3) is 9.78. The number of carbonyl (C=O) groups is 1. The highest BCUT2D eigenvalue weighted by Crippen LogP contribution is 2.16. The summed E-state index contributed by atoms with van der Waals surface area (Å²) in [5.41, 5.74) is 0.600. The van der Waals surface area contributed by atoms with Gasteiger partial charge in [0.05, 0.1) is 0 Å². The molecule has 1 atom stereocenters. The van der Waals surface area contributed by atoms with Crippen molar-refractivity contribution < 1.29 is 19.4 Å². The van der Waals surface area contributed by atoms with Crippen LogP contribution in [0.1, 0.15) is 13.8 Å². The van der Waals surface area contributed by atoms with Gasteiger partial charge >= 0.3 is 6.09 Å². The maximum atomic E-state index is 11.3. The van der Waals surface area contributed by atoms with Gasteiger partial charge in [-0.1, -0.05) is 26.5 Å². The molecule has 0 saturated carbocycles. The minimum absolute atomic E-state index is 0. The molecule has 0 saturated heterocycles. The van der Waals surface area contributed by atoms with E-state index in [0.29, 0.717) is 24.0 Å². The van der Waals surface area contributed by atoms with Crippen LogP contribution < -0.4 is 15.4 Å². The van der Waals surface area contributed by atoms with Gasteiger partial charge in [0.1, 0.15) is 25.1 Å². The predicted molar refractivity (Wildman–Crippen MR) is 93.5 cm³/mol. The van der Waals surface area contributed by atoms with Crippen LogP contribution in [0.4, 0.5) is 10.5 Å². The number of aliphatic hydroxyl groups excluding tert-OH is 1. The monoisotopic (exact) mass is 344 g/mol. The predicted octanol–water partition coefficient (Wildman–Crippen LogP) is 2.58. The third-order valence-corrected chi connectivity index (χ3v) is 2.64. The molecule has 0 aliphatic heterocycles. The van der Waals surface area contributed by atoms with E-state index in [1.54, 1.807) is 24.3 Å². The van der Waals surface area contributed by atoms with Gasteiger partial charge in [0, 0.05) is 18.3 Å². The van der Waals surface area contributed by atoms with Crippen LogP contribution in [0.2, 0.25) is 0 Å². The van der Waals surface area contributed by atoms with Crippen LogP contribution in [0.3, 0.4) is 0 Å². The molecule has 1 unspecified atom stereocenters. The van der Waals surface area contributed by atoms with E-state index in [1.165, 1.54) is 6.08 Å². The Kier molecular flexibility index (Phi) is 10.9. The Bertz CT molecular complexity index is 466. The van der Waals surface area contributed by atoms with Gasteiger partial charge in [-0.2, -0.15) is 0 Å². The Morgan fingerprint density at radius 1 is 1.35 bits per heavy atom. The summed E-state index contributed by atoms with van der Waals surface area (Å²) in [7, 11) is 0. The topological polar surface area (TPSA) is 79.8 Å². The van der Waals surface area contributed by atoms with Gasteiger partial charge in [-0.15, -0.1) is 12.4 Å². The van der Waals surface area contributed by atoms with Crippen molar-refractivity contribution in [3.63, 3.8) is 0 Å². The minimum atomic E-state index is -0.575. The fourth-order valence-corrected chi connectivity index (χ4v) is 1.55. The van der Waals surface area contributed by atoms with Gasteiger partial charge in [0.15, 0.2) is 0 Å². The van der Waals surface area contributed by atoms with Crippen LogP contribution in [0.5, 0.6) is 5.75 Å². The van der Waals surface area contributed by atoms with Crippen molar-refractivity contribution in [2.24, 2.45) is 0 Å². The molecule has 0 aliphatic rings. The second-order valence-corrected chi connectivity index (χ2v) is 5.06. The molecule has 0 spiro atoms. The minimum Gasteiger partial charge on any atom is -0.491 e. The Balaban J connectivity index is 0.00000484. The summed E-state index contributed by atoms with van der Waals surface area (Å²) in [5.74, 6) is 0.619. The molecule has 130 valence electrons. The number of nitrogens with one attached hydrogen (secondary N) is 2. The first-order valence-corrected chi connectivity index (χ1v) is 7.20.